The molecule has 0 atom stereocenters. The molecule has 0 aliphatic heterocycles. The van der Waals surface area contributed by atoms with Gasteiger partial charge in [-0.25, -0.2) is 4.39 Å². The molecule has 1 aromatic heterocycles. The average Bonchev–Trinajstić information content (AvgIpc) is 2.33. The topological polar surface area (TPSA) is 42.4 Å². The molecular weight excluding hydrogens is 247 g/mol. The molecule has 0 bridgehead atoms. The van der Waals surface area contributed by atoms with Crippen molar-refractivity contribution in [3.63, 3.8) is 0 Å². The van der Waals surface area contributed by atoms with E-state index in [4.69, 9.17) is 16.3 Å². The van der Waals surface area contributed by atoms with Crippen molar-refractivity contribution in [1.82, 2.24) is 9.88 Å². The third-order valence-electron chi connectivity index (χ3n) is 2.16. The fourth-order valence-corrected chi connectivity index (χ4v) is 1.53. The van der Waals surface area contributed by atoms with Crippen LogP contribution in [-0.2, 0) is 4.74 Å². The summed E-state index contributed by atoms with van der Waals surface area (Å²) in [5, 5.41) is 0. The number of pyridine rings is 1. The largest absolute Gasteiger partial charge is 0.383 e. The number of ether oxygens (including phenoxy) is 1. The lowest BCUT2D eigenvalue weighted by atomic mass is 10.2. The molecule has 0 spiro atoms. The Balaban J connectivity index is 2.76. The Bertz CT molecular complexity index is 376. The molecule has 17 heavy (non-hydrogen) atoms. The van der Waals surface area contributed by atoms with Crippen LogP contribution >= 0.6 is 11.6 Å². The minimum atomic E-state index is -0.534. The molecule has 0 aliphatic carbocycles. The lowest BCUT2D eigenvalue weighted by Gasteiger charge is -2.21. The summed E-state index contributed by atoms with van der Waals surface area (Å²) in [6, 6.07) is 1.16. The van der Waals surface area contributed by atoms with Crippen LogP contribution in [0.1, 0.15) is 10.4 Å². The number of methoxy groups -OCH3 is 1. The van der Waals surface area contributed by atoms with Gasteiger partial charge in [0.1, 0.15) is 5.82 Å². The van der Waals surface area contributed by atoms with Crippen LogP contribution in [0.5, 0.6) is 0 Å². The van der Waals surface area contributed by atoms with E-state index < -0.39 is 5.82 Å². The number of alkyl halides is 1. The van der Waals surface area contributed by atoms with Crippen molar-refractivity contribution in [3.8, 4) is 0 Å². The zero-order valence-corrected chi connectivity index (χ0v) is 10.3. The lowest BCUT2D eigenvalue weighted by Crippen LogP contribution is -2.35. The Hall–Kier alpha value is -1.20. The molecule has 4 nitrogen and oxygen atoms in total. The Morgan fingerprint density at radius 3 is 2.88 bits per heavy atom. The summed E-state index contributed by atoms with van der Waals surface area (Å²) >= 11 is 5.61. The van der Waals surface area contributed by atoms with Crippen molar-refractivity contribution < 1.29 is 13.9 Å². The van der Waals surface area contributed by atoms with Gasteiger partial charge in [-0.05, 0) is 6.07 Å². The molecule has 0 saturated heterocycles. The number of aromatic nitrogens is 1. The number of carbonyl (C=O) groups is 1. The number of halogens is 2. The van der Waals surface area contributed by atoms with Gasteiger partial charge in [-0.15, -0.1) is 11.6 Å². The molecule has 0 aromatic carbocycles. The number of hydrogen-bond acceptors (Lipinski definition) is 3. The second-order valence-corrected chi connectivity index (χ2v) is 3.74. The van der Waals surface area contributed by atoms with Crippen molar-refractivity contribution in [2.24, 2.45) is 0 Å². The van der Waals surface area contributed by atoms with Gasteiger partial charge in [0, 0.05) is 32.3 Å². The average molecular weight is 261 g/mol. The molecule has 6 heteroatoms. The van der Waals surface area contributed by atoms with Crippen LogP contribution in [0.3, 0.4) is 0 Å². The highest BCUT2D eigenvalue weighted by molar-refractivity contribution is 6.18. The normalized spacial score (nSPS) is 10.3. The first-order chi connectivity index (χ1) is 8.19. The first kappa shape index (κ1) is 13.9. The lowest BCUT2D eigenvalue weighted by molar-refractivity contribution is 0.0707. The molecule has 0 N–H and O–H groups in total. The Kier molecular flexibility index (Phi) is 5.86. The predicted octanol–water partition coefficient (Wildman–Crippen LogP) is 1.55. The van der Waals surface area contributed by atoms with Gasteiger partial charge in [-0.2, -0.15) is 0 Å². The summed E-state index contributed by atoms with van der Waals surface area (Å²) in [5.74, 6) is -0.513. The van der Waals surface area contributed by atoms with E-state index in [0.29, 0.717) is 25.6 Å². The predicted molar refractivity (Wildman–Crippen MR) is 62.7 cm³/mol. The molecule has 0 aliphatic rings. The second-order valence-electron chi connectivity index (χ2n) is 3.37. The fraction of sp³-hybridized carbons (Fsp3) is 0.455. The van der Waals surface area contributed by atoms with Crippen LogP contribution in [0.25, 0.3) is 0 Å². The van der Waals surface area contributed by atoms with E-state index in [-0.39, 0.29) is 11.5 Å². The number of rotatable bonds is 6. The monoisotopic (exact) mass is 260 g/mol. The van der Waals surface area contributed by atoms with Gasteiger partial charge in [0.05, 0.1) is 18.4 Å². The maximum Gasteiger partial charge on any atom is 0.255 e. The molecule has 1 amide bonds. The maximum absolute atomic E-state index is 12.9. The van der Waals surface area contributed by atoms with Crippen molar-refractivity contribution in [2.45, 2.75) is 0 Å². The Morgan fingerprint density at radius 2 is 2.29 bits per heavy atom. The highest BCUT2D eigenvalue weighted by Gasteiger charge is 2.15. The zero-order chi connectivity index (χ0) is 12.7. The highest BCUT2D eigenvalue weighted by Crippen LogP contribution is 2.06. The van der Waals surface area contributed by atoms with Gasteiger partial charge < -0.3 is 9.64 Å². The molecule has 0 unspecified atom stereocenters. The Labute approximate surface area is 104 Å². The molecule has 0 saturated carbocycles. The maximum atomic E-state index is 12.9. The number of carbonyl (C=O) groups excluding carboxylic acids is 1. The van der Waals surface area contributed by atoms with Gasteiger partial charge in [0.25, 0.3) is 5.91 Å². The summed E-state index contributed by atoms with van der Waals surface area (Å²) in [4.78, 5) is 17.1. The summed E-state index contributed by atoms with van der Waals surface area (Å²) in [7, 11) is 1.55. The molecular formula is C11H14ClFN2O2. The summed E-state index contributed by atoms with van der Waals surface area (Å²) in [5.41, 5.74) is 0.214. The van der Waals surface area contributed by atoms with Crippen molar-refractivity contribution >= 4 is 17.5 Å². The second kappa shape index (κ2) is 7.19. The van der Waals surface area contributed by atoms with Gasteiger partial charge in [0.15, 0.2) is 0 Å². The van der Waals surface area contributed by atoms with Crippen LogP contribution in [0.15, 0.2) is 18.5 Å². The van der Waals surface area contributed by atoms with Crippen molar-refractivity contribution in [2.75, 3.05) is 32.7 Å². The number of hydrogen-bond donors (Lipinski definition) is 0. The van der Waals surface area contributed by atoms with Gasteiger partial charge in [-0.1, -0.05) is 0 Å². The van der Waals surface area contributed by atoms with Crippen LogP contribution in [0.4, 0.5) is 4.39 Å². The fourth-order valence-electron chi connectivity index (χ4n) is 1.33. The molecule has 0 radical (unpaired) electrons. The quantitative estimate of drug-likeness (QED) is 0.729. The van der Waals surface area contributed by atoms with E-state index in [1.807, 2.05) is 0 Å². The molecule has 1 rings (SSSR count). The standard InChI is InChI=1S/C11H14ClFN2O2/c1-17-5-4-15(3-2-12)11(16)9-6-10(13)8-14-7-9/h6-8H,2-5H2,1H3. The third-order valence-corrected chi connectivity index (χ3v) is 2.33. The smallest absolute Gasteiger partial charge is 0.255 e. The van der Waals surface area contributed by atoms with Gasteiger partial charge in [-0.3, -0.25) is 9.78 Å². The minimum Gasteiger partial charge on any atom is -0.383 e. The van der Waals surface area contributed by atoms with Crippen LogP contribution < -0.4 is 0 Å². The van der Waals surface area contributed by atoms with E-state index in [9.17, 15) is 9.18 Å². The first-order valence-electron chi connectivity index (χ1n) is 5.13. The first-order valence-corrected chi connectivity index (χ1v) is 5.67. The summed E-state index contributed by atoms with van der Waals surface area (Å²) < 4.78 is 17.8. The molecule has 0 fully saturated rings. The molecule has 94 valence electrons. The summed E-state index contributed by atoms with van der Waals surface area (Å²) in [6.45, 7) is 1.21. The van der Waals surface area contributed by atoms with E-state index in [1.54, 1.807) is 7.11 Å². The van der Waals surface area contributed by atoms with Gasteiger partial charge >= 0.3 is 0 Å². The van der Waals surface area contributed by atoms with Crippen molar-refractivity contribution in [3.05, 3.63) is 29.8 Å². The highest BCUT2D eigenvalue weighted by atomic mass is 35.5. The zero-order valence-electron chi connectivity index (χ0n) is 9.53. The number of nitrogens with zero attached hydrogens (tertiary/aromatic N) is 2. The van der Waals surface area contributed by atoms with E-state index in [0.717, 1.165) is 12.3 Å². The van der Waals surface area contributed by atoms with Crippen LogP contribution in [0, 0.1) is 5.82 Å². The van der Waals surface area contributed by atoms with E-state index in [2.05, 4.69) is 4.98 Å². The van der Waals surface area contributed by atoms with Crippen LogP contribution in [-0.4, -0.2) is 48.5 Å². The molecule has 1 heterocycles. The molecule has 1 aromatic rings. The SMILES string of the molecule is COCCN(CCCl)C(=O)c1cncc(F)c1. The van der Waals surface area contributed by atoms with E-state index >= 15 is 0 Å². The van der Waals surface area contributed by atoms with Crippen LogP contribution in [0.2, 0.25) is 0 Å². The van der Waals surface area contributed by atoms with E-state index in [1.165, 1.54) is 11.1 Å². The number of amides is 1. The minimum absolute atomic E-state index is 0.214. The third kappa shape index (κ3) is 4.28. The van der Waals surface area contributed by atoms with Crippen molar-refractivity contribution in [1.29, 1.82) is 0 Å². The van der Waals surface area contributed by atoms with Gasteiger partial charge in [0.2, 0.25) is 0 Å². The summed E-state index contributed by atoms with van der Waals surface area (Å²) in [6.07, 6.45) is 2.39. The Morgan fingerprint density at radius 1 is 1.53 bits per heavy atom.